The van der Waals surface area contributed by atoms with E-state index >= 15 is 0 Å². The molecule has 0 heterocycles. The fourth-order valence-electron chi connectivity index (χ4n) is 0.924. The minimum atomic E-state index is -0.0543. The number of carbonyl (C=O) groups excluding carboxylic acids is 1. The minimum Gasteiger partial charge on any atom is -0.404 e. The lowest BCUT2D eigenvalue weighted by Gasteiger charge is -2.05. The lowest BCUT2D eigenvalue weighted by Crippen LogP contribution is -1.98. The molecule has 0 fully saturated rings. The molecule has 0 aliphatic heterocycles. The van der Waals surface area contributed by atoms with Gasteiger partial charge in [-0.15, -0.1) is 0 Å². The van der Waals surface area contributed by atoms with Crippen LogP contribution in [0.3, 0.4) is 0 Å². The second-order valence-corrected chi connectivity index (χ2v) is 3.26. The number of hydrogen-bond donors (Lipinski definition) is 1. The van der Waals surface area contributed by atoms with Crippen LogP contribution >= 0.6 is 0 Å². The first-order chi connectivity index (χ1) is 6.40. The summed E-state index contributed by atoms with van der Waals surface area (Å²) in [6.07, 6.45) is 3.02. The molecular formula is C12H17NO. The van der Waals surface area contributed by atoms with Gasteiger partial charge < -0.3 is 5.73 Å². The standard InChI is InChI=1S/C12H17NO/c1-8(2)10(4)9(3)6-12(7-13)11(5)14/h6-7H,1,4,13H2,2-3,5H3/b9-6-,12-7+. The first-order valence-electron chi connectivity index (χ1n) is 4.36. The summed E-state index contributed by atoms with van der Waals surface area (Å²) in [7, 11) is 0. The summed E-state index contributed by atoms with van der Waals surface area (Å²) >= 11 is 0. The van der Waals surface area contributed by atoms with Gasteiger partial charge in [0.05, 0.1) is 0 Å². The van der Waals surface area contributed by atoms with Gasteiger partial charge in [-0.2, -0.15) is 0 Å². The fraction of sp³-hybridized carbons (Fsp3) is 0.250. The molecule has 0 aromatic heterocycles. The van der Waals surface area contributed by atoms with Gasteiger partial charge in [0.2, 0.25) is 0 Å². The maximum absolute atomic E-state index is 11.1. The third-order valence-corrected chi connectivity index (χ3v) is 1.95. The molecule has 2 nitrogen and oxygen atoms in total. The van der Waals surface area contributed by atoms with Crippen molar-refractivity contribution < 1.29 is 4.79 Å². The quantitative estimate of drug-likeness (QED) is 0.548. The number of Topliss-reactive ketones (excluding diaryl/α,β-unsaturated/α-hetero) is 1. The summed E-state index contributed by atoms with van der Waals surface area (Å²) in [6.45, 7) is 12.9. The largest absolute Gasteiger partial charge is 0.404 e. The van der Waals surface area contributed by atoms with Crippen LogP contribution in [-0.2, 0) is 4.79 Å². The molecule has 14 heavy (non-hydrogen) atoms. The Bertz CT molecular complexity index is 332. The second kappa shape index (κ2) is 5.22. The third-order valence-electron chi connectivity index (χ3n) is 1.95. The second-order valence-electron chi connectivity index (χ2n) is 3.26. The summed E-state index contributed by atoms with van der Waals surface area (Å²) in [5, 5.41) is 0. The molecule has 0 amide bonds. The van der Waals surface area contributed by atoms with Gasteiger partial charge in [-0.3, -0.25) is 4.79 Å². The first kappa shape index (κ1) is 12.4. The Balaban J connectivity index is 4.93. The highest BCUT2D eigenvalue weighted by molar-refractivity contribution is 5.96. The average Bonchev–Trinajstić information content (AvgIpc) is 2.11. The maximum Gasteiger partial charge on any atom is 0.161 e. The van der Waals surface area contributed by atoms with Crippen LogP contribution in [0.5, 0.6) is 0 Å². The fourth-order valence-corrected chi connectivity index (χ4v) is 0.924. The van der Waals surface area contributed by atoms with Crippen molar-refractivity contribution in [2.75, 3.05) is 0 Å². The molecule has 0 saturated carbocycles. The van der Waals surface area contributed by atoms with Gasteiger partial charge in [0, 0.05) is 11.8 Å². The summed E-state index contributed by atoms with van der Waals surface area (Å²) < 4.78 is 0. The predicted octanol–water partition coefficient (Wildman–Crippen LogP) is 2.50. The van der Waals surface area contributed by atoms with Crippen molar-refractivity contribution in [2.24, 2.45) is 5.73 Å². The average molecular weight is 191 g/mol. The molecule has 0 radical (unpaired) electrons. The van der Waals surface area contributed by atoms with Crippen LogP contribution in [0.4, 0.5) is 0 Å². The van der Waals surface area contributed by atoms with E-state index in [-0.39, 0.29) is 5.78 Å². The van der Waals surface area contributed by atoms with E-state index in [9.17, 15) is 4.79 Å². The van der Waals surface area contributed by atoms with Crippen LogP contribution in [0, 0.1) is 0 Å². The SMILES string of the molecule is C=C(C)C(=C)/C(C)=C\C(=C/N)C(C)=O. The van der Waals surface area contributed by atoms with Gasteiger partial charge in [-0.05, 0) is 38.0 Å². The van der Waals surface area contributed by atoms with E-state index in [0.717, 1.165) is 16.7 Å². The molecule has 0 aliphatic rings. The highest BCUT2D eigenvalue weighted by Gasteiger charge is 2.02. The van der Waals surface area contributed by atoms with Gasteiger partial charge in [-0.25, -0.2) is 0 Å². The summed E-state index contributed by atoms with van der Waals surface area (Å²) in [4.78, 5) is 11.1. The van der Waals surface area contributed by atoms with Crippen LogP contribution in [-0.4, -0.2) is 5.78 Å². The Hall–Kier alpha value is -1.57. The monoisotopic (exact) mass is 191 g/mol. The summed E-state index contributed by atoms with van der Waals surface area (Å²) in [5.74, 6) is -0.0543. The van der Waals surface area contributed by atoms with Crippen molar-refractivity contribution in [2.45, 2.75) is 20.8 Å². The lowest BCUT2D eigenvalue weighted by molar-refractivity contribution is -0.113. The van der Waals surface area contributed by atoms with E-state index in [1.165, 1.54) is 13.1 Å². The van der Waals surface area contributed by atoms with Crippen molar-refractivity contribution in [3.05, 3.63) is 47.7 Å². The normalized spacial score (nSPS) is 12.5. The summed E-state index contributed by atoms with van der Waals surface area (Å²) in [6, 6.07) is 0. The van der Waals surface area contributed by atoms with Crippen LogP contribution in [0.2, 0.25) is 0 Å². The first-order valence-corrected chi connectivity index (χ1v) is 4.36. The van der Waals surface area contributed by atoms with Crippen molar-refractivity contribution in [3.63, 3.8) is 0 Å². The molecule has 0 bridgehead atoms. The molecule has 0 rings (SSSR count). The number of ketones is 1. The highest BCUT2D eigenvalue weighted by atomic mass is 16.1. The molecular weight excluding hydrogens is 174 g/mol. The molecule has 2 heteroatoms. The smallest absolute Gasteiger partial charge is 0.161 e. The van der Waals surface area contributed by atoms with Crippen LogP contribution in [0.25, 0.3) is 0 Å². The van der Waals surface area contributed by atoms with Crippen molar-refractivity contribution in [3.8, 4) is 0 Å². The van der Waals surface area contributed by atoms with E-state index in [2.05, 4.69) is 13.2 Å². The Morgan fingerprint density at radius 2 is 1.71 bits per heavy atom. The maximum atomic E-state index is 11.1. The molecule has 0 aromatic rings. The summed E-state index contributed by atoms with van der Waals surface area (Å²) in [5.41, 5.74) is 8.44. The zero-order valence-electron chi connectivity index (χ0n) is 9.05. The van der Waals surface area contributed by atoms with Gasteiger partial charge in [-0.1, -0.05) is 18.7 Å². The highest BCUT2D eigenvalue weighted by Crippen LogP contribution is 2.16. The number of carbonyl (C=O) groups is 1. The Kier molecular flexibility index (Phi) is 4.64. The van der Waals surface area contributed by atoms with Crippen molar-refractivity contribution in [1.29, 1.82) is 0 Å². The molecule has 0 unspecified atom stereocenters. The molecule has 0 saturated heterocycles. The Labute approximate surface area is 85.5 Å². The zero-order chi connectivity index (χ0) is 11.3. The van der Waals surface area contributed by atoms with Crippen LogP contribution in [0.1, 0.15) is 20.8 Å². The molecule has 0 atom stereocenters. The van der Waals surface area contributed by atoms with Gasteiger partial charge in [0.25, 0.3) is 0 Å². The van der Waals surface area contributed by atoms with E-state index in [4.69, 9.17) is 5.73 Å². The molecule has 0 aliphatic carbocycles. The van der Waals surface area contributed by atoms with Crippen molar-refractivity contribution in [1.82, 2.24) is 0 Å². The topological polar surface area (TPSA) is 43.1 Å². The number of allylic oxidation sites excluding steroid dienone is 5. The van der Waals surface area contributed by atoms with Gasteiger partial charge in [0.1, 0.15) is 0 Å². The van der Waals surface area contributed by atoms with Gasteiger partial charge >= 0.3 is 0 Å². The lowest BCUT2D eigenvalue weighted by atomic mass is 10.0. The van der Waals surface area contributed by atoms with Crippen molar-refractivity contribution >= 4 is 5.78 Å². The molecule has 2 N–H and O–H groups in total. The Morgan fingerprint density at radius 3 is 2.00 bits per heavy atom. The Morgan fingerprint density at radius 1 is 1.21 bits per heavy atom. The number of nitrogens with two attached hydrogens (primary N) is 1. The zero-order valence-corrected chi connectivity index (χ0v) is 9.05. The van der Waals surface area contributed by atoms with Gasteiger partial charge in [0.15, 0.2) is 5.78 Å². The van der Waals surface area contributed by atoms with E-state index < -0.39 is 0 Å². The predicted molar refractivity (Wildman–Crippen MR) is 60.7 cm³/mol. The number of rotatable bonds is 4. The number of hydrogen-bond acceptors (Lipinski definition) is 2. The van der Waals surface area contributed by atoms with E-state index in [1.807, 2.05) is 13.8 Å². The minimum absolute atomic E-state index is 0.0543. The van der Waals surface area contributed by atoms with Crippen LogP contribution in [0.15, 0.2) is 47.7 Å². The van der Waals surface area contributed by atoms with E-state index in [1.54, 1.807) is 6.08 Å². The van der Waals surface area contributed by atoms with E-state index in [0.29, 0.717) is 5.57 Å². The molecule has 76 valence electrons. The molecule has 0 aromatic carbocycles. The molecule has 0 spiro atoms. The van der Waals surface area contributed by atoms with Crippen LogP contribution < -0.4 is 5.73 Å². The third kappa shape index (κ3) is 3.44.